The number of fused-ring (bicyclic) bond motifs is 7. The van der Waals surface area contributed by atoms with Crippen LogP contribution in [0.4, 0.5) is 11.4 Å². The van der Waals surface area contributed by atoms with Crippen molar-refractivity contribution in [3.8, 4) is 51.5 Å². The highest BCUT2D eigenvalue weighted by Crippen LogP contribution is 2.52. The van der Waals surface area contributed by atoms with Gasteiger partial charge < -0.3 is 11.5 Å². The van der Waals surface area contributed by atoms with Crippen molar-refractivity contribution in [1.29, 1.82) is 0 Å². The molecule has 0 spiro atoms. The second-order valence-electron chi connectivity index (χ2n) is 18.0. The van der Waals surface area contributed by atoms with E-state index in [1.165, 1.54) is 127 Å². The van der Waals surface area contributed by atoms with Gasteiger partial charge in [-0.05, 0) is 93.6 Å². The summed E-state index contributed by atoms with van der Waals surface area (Å²) >= 11 is 10.0. The third-order valence-corrected chi connectivity index (χ3v) is 25.7. The molecule has 2 atom stereocenters. The predicted molar refractivity (Wildman–Crippen MR) is 292 cm³/mol. The summed E-state index contributed by atoms with van der Waals surface area (Å²) in [4.78, 5) is 7.71. The predicted octanol–water partition coefficient (Wildman–Crippen LogP) is 16.1. The maximum absolute atomic E-state index is 7.14. The Labute approximate surface area is 406 Å². The molecule has 1 aliphatic heterocycles. The lowest BCUT2D eigenvalue weighted by Gasteiger charge is -2.35. The average molecular weight is 982 g/mol. The summed E-state index contributed by atoms with van der Waals surface area (Å²) in [6.45, 7) is 9.56. The van der Waals surface area contributed by atoms with Crippen LogP contribution < -0.4 is 21.8 Å². The lowest BCUT2D eigenvalue weighted by molar-refractivity contribution is 0.469. The molecule has 0 saturated carbocycles. The third-order valence-electron chi connectivity index (χ3n) is 14.1. The van der Waals surface area contributed by atoms with E-state index in [-0.39, 0.29) is 0 Å². The monoisotopic (exact) mass is 980 g/mol. The van der Waals surface area contributed by atoms with Crippen molar-refractivity contribution in [2.45, 2.75) is 91.1 Å². The van der Waals surface area contributed by atoms with Crippen LogP contribution in [-0.4, -0.2) is 25.6 Å². The highest BCUT2D eigenvalue weighted by molar-refractivity contribution is 7.32. The maximum Gasteiger partial charge on any atom is 0.122 e. The van der Waals surface area contributed by atoms with Gasteiger partial charge in [-0.15, -0.1) is 45.3 Å². The van der Waals surface area contributed by atoms with Crippen LogP contribution in [0.2, 0.25) is 12.1 Å². The van der Waals surface area contributed by atoms with E-state index in [1.807, 2.05) is 22.7 Å². The molecule has 0 amide bonds. The number of unbranched alkanes of at least 4 members (excludes halogenated alkanes) is 2. The van der Waals surface area contributed by atoms with Crippen LogP contribution in [0, 0.1) is 11.8 Å². The fourth-order valence-electron chi connectivity index (χ4n) is 10.7. The summed E-state index contributed by atoms with van der Waals surface area (Å²) in [5.74, 6) is 1.35. The lowest BCUT2D eigenvalue weighted by Crippen LogP contribution is -2.56. The Morgan fingerprint density at radius 1 is 0.508 bits per heavy atom. The van der Waals surface area contributed by atoms with Crippen LogP contribution >= 0.6 is 68.8 Å². The van der Waals surface area contributed by atoms with Gasteiger partial charge in [-0.2, -0.15) is 17.5 Å². The molecule has 6 nitrogen and oxygen atoms in total. The zero-order chi connectivity index (χ0) is 44.4. The minimum absolute atomic E-state index is 0.673. The summed E-state index contributed by atoms with van der Waals surface area (Å²) in [6.07, 6.45) is 10.0. The standard InChI is InChI=1S/C52H52N6S6Si/c1-5-9-15-29(7-3)27-65(28-30(8-4)16-10-6-2)43-25-39(33-23-35(53)45(49-47(33)55-63-57-49)41-21-31-17-11-13-19-37(31)59-41)61-51(43)52-44(65)26-40(62-52)34-24-36(54)46(50-48(34)56-64-58-50)42-22-32-18-12-14-20-38(32)60-42/h11-14,17-26,29-30H,5-10,15-16,27-28,53-54H2,1-4H3. The van der Waals surface area contributed by atoms with Crippen LogP contribution in [0.5, 0.6) is 0 Å². The summed E-state index contributed by atoms with van der Waals surface area (Å²) in [5.41, 5.74) is 23.7. The molecule has 0 fully saturated rings. The molecule has 4 N–H and O–H groups in total. The molecule has 65 heavy (non-hydrogen) atoms. The molecule has 11 rings (SSSR count). The van der Waals surface area contributed by atoms with E-state index < -0.39 is 8.07 Å². The average Bonchev–Trinajstić information content (AvgIpc) is 4.18. The molecule has 13 heteroatoms. The van der Waals surface area contributed by atoms with E-state index in [1.54, 1.807) is 33.0 Å². The van der Waals surface area contributed by atoms with Gasteiger partial charge in [0.2, 0.25) is 0 Å². The second-order valence-corrected chi connectivity index (χ2v) is 27.4. The van der Waals surface area contributed by atoms with Crippen LogP contribution in [-0.2, 0) is 0 Å². The molecular weight excluding hydrogens is 929 g/mol. The first-order valence-electron chi connectivity index (χ1n) is 23.2. The first-order chi connectivity index (χ1) is 31.8. The van der Waals surface area contributed by atoms with Gasteiger partial charge in [-0.1, -0.05) is 115 Å². The van der Waals surface area contributed by atoms with Crippen LogP contribution in [0.3, 0.4) is 0 Å². The van der Waals surface area contributed by atoms with E-state index in [4.69, 9.17) is 29.0 Å². The van der Waals surface area contributed by atoms with E-state index in [9.17, 15) is 0 Å². The molecule has 0 bridgehead atoms. The number of nitrogen functional groups attached to an aromatic ring is 2. The summed E-state index contributed by atoms with van der Waals surface area (Å²) in [6, 6.07) is 33.8. The van der Waals surface area contributed by atoms with Gasteiger partial charge >= 0.3 is 0 Å². The van der Waals surface area contributed by atoms with E-state index in [0.29, 0.717) is 11.8 Å². The summed E-state index contributed by atoms with van der Waals surface area (Å²) in [5, 5.41) is 5.73. The first kappa shape index (κ1) is 43.2. The highest BCUT2D eigenvalue weighted by atomic mass is 32.1. The number of nitrogens with two attached hydrogens (primary N) is 2. The number of thiophene rings is 4. The van der Waals surface area contributed by atoms with Crippen LogP contribution in [0.1, 0.15) is 79.1 Å². The molecule has 6 aromatic heterocycles. The Balaban J connectivity index is 1.10. The van der Waals surface area contributed by atoms with Gasteiger partial charge in [0.15, 0.2) is 0 Å². The molecule has 2 unspecified atom stereocenters. The number of hydrogen-bond donors (Lipinski definition) is 2. The van der Waals surface area contributed by atoms with Crippen molar-refractivity contribution in [3.05, 3.63) is 84.9 Å². The maximum atomic E-state index is 7.14. The van der Waals surface area contributed by atoms with Crippen LogP contribution in [0.25, 0.3) is 93.8 Å². The first-order valence-corrected chi connectivity index (χ1v) is 30.3. The Morgan fingerprint density at radius 2 is 0.938 bits per heavy atom. The zero-order valence-corrected chi connectivity index (χ0v) is 43.1. The number of nitrogens with zero attached hydrogens (tertiary/aromatic N) is 4. The third kappa shape index (κ3) is 7.40. The van der Waals surface area contributed by atoms with E-state index in [2.05, 4.69) is 113 Å². The minimum Gasteiger partial charge on any atom is -0.398 e. The number of anilines is 2. The lowest BCUT2D eigenvalue weighted by atomic mass is 10.0. The molecule has 0 aliphatic carbocycles. The molecular formula is C52H52N6S6Si. The largest absolute Gasteiger partial charge is 0.398 e. The van der Waals surface area contributed by atoms with Gasteiger partial charge in [0, 0.05) is 72.3 Å². The van der Waals surface area contributed by atoms with Crippen molar-refractivity contribution >= 4 is 141 Å². The molecule has 4 aromatic carbocycles. The number of aromatic nitrogens is 4. The zero-order valence-electron chi connectivity index (χ0n) is 37.2. The van der Waals surface area contributed by atoms with Gasteiger partial charge in [0.25, 0.3) is 0 Å². The Bertz CT molecular complexity index is 3080. The Morgan fingerprint density at radius 3 is 1.35 bits per heavy atom. The Hall–Kier alpha value is -4.34. The van der Waals surface area contributed by atoms with Crippen molar-refractivity contribution in [2.24, 2.45) is 11.8 Å². The topological polar surface area (TPSA) is 104 Å². The van der Waals surface area contributed by atoms with Crippen LogP contribution in [0.15, 0.2) is 84.9 Å². The quantitative estimate of drug-likeness (QED) is 0.0738. The minimum atomic E-state index is -2.37. The molecule has 10 aromatic rings. The van der Waals surface area contributed by atoms with Crippen molar-refractivity contribution in [1.82, 2.24) is 17.5 Å². The normalized spacial score (nSPS) is 14.3. The van der Waals surface area contributed by atoms with Gasteiger partial charge in [-0.25, -0.2) is 0 Å². The molecule has 7 heterocycles. The SMILES string of the molecule is CCCCC(CC)C[Si]1(CC(CC)CCCC)c2cc(-c3cc(N)c(-c4cc5ccccc5s4)c4nsnc34)sc2-c2sc(-c3cc(N)c(-c4cc5ccccc5s4)c4nsnc34)cc21. The van der Waals surface area contributed by atoms with Gasteiger partial charge in [0.1, 0.15) is 30.1 Å². The fraction of sp³-hybridized carbons (Fsp3) is 0.308. The van der Waals surface area contributed by atoms with Crippen molar-refractivity contribution < 1.29 is 0 Å². The fourth-order valence-corrected chi connectivity index (χ4v) is 24.5. The highest BCUT2D eigenvalue weighted by Gasteiger charge is 2.50. The van der Waals surface area contributed by atoms with Crippen molar-refractivity contribution in [2.75, 3.05) is 11.5 Å². The molecule has 1 aliphatic rings. The Kier molecular flexibility index (Phi) is 11.8. The molecule has 0 radical (unpaired) electrons. The summed E-state index contributed by atoms with van der Waals surface area (Å²) in [7, 11) is -2.37. The smallest absolute Gasteiger partial charge is 0.122 e. The number of rotatable bonds is 16. The van der Waals surface area contributed by atoms with E-state index in [0.717, 1.165) is 65.4 Å². The molecule has 330 valence electrons. The second kappa shape index (κ2) is 17.7. The molecule has 0 saturated heterocycles. The van der Waals surface area contributed by atoms with Gasteiger partial charge in [-0.3, -0.25) is 0 Å². The number of hydrogen-bond acceptors (Lipinski definition) is 12. The number of benzene rings is 4. The van der Waals surface area contributed by atoms with Gasteiger partial charge in [0.05, 0.1) is 23.5 Å². The van der Waals surface area contributed by atoms with Crippen molar-refractivity contribution in [3.63, 3.8) is 0 Å². The summed E-state index contributed by atoms with van der Waals surface area (Å²) < 4.78 is 22.5. The van der Waals surface area contributed by atoms with E-state index >= 15 is 0 Å².